The van der Waals surface area contributed by atoms with E-state index in [1.807, 2.05) is 6.07 Å². The number of fused-ring (bicyclic) bond motifs is 2. The summed E-state index contributed by atoms with van der Waals surface area (Å²) in [7, 11) is 0. The van der Waals surface area contributed by atoms with E-state index in [0.717, 1.165) is 31.3 Å². The highest BCUT2D eigenvalue weighted by molar-refractivity contribution is 5.61. The molecule has 1 fully saturated rings. The zero-order valence-electron chi connectivity index (χ0n) is 12.5. The first-order chi connectivity index (χ1) is 11.0. The van der Waals surface area contributed by atoms with E-state index in [0.29, 0.717) is 11.6 Å². The van der Waals surface area contributed by atoms with Crippen molar-refractivity contribution < 1.29 is 13.2 Å². The zero-order valence-corrected chi connectivity index (χ0v) is 12.5. The van der Waals surface area contributed by atoms with Gasteiger partial charge in [-0.1, -0.05) is 12.1 Å². The minimum Gasteiger partial charge on any atom is -0.299 e. The molecular weight excluding hydrogens is 303 g/mol. The Morgan fingerprint density at radius 1 is 1.00 bits per heavy atom. The second kappa shape index (κ2) is 5.30. The Morgan fingerprint density at radius 3 is 2.43 bits per heavy atom. The molecule has 6 heteroatoms. The van der Waals surface area contributed by atoms with Gasteiger partial charge in [0.15, 0.2) is 5.69 Å². The van der Waals surface area contributed by atoms with Gasteiger partial charge in [-0.3, -0.25) is 4.90 Å². The van der Waals surface area contributed by atoms with Gasteiger partial charge in [0.05, 0.1) is 5.69 Å². The van der Waals surface area contributed by atoms with E-state index in [4.69, 9.17) is 0 Å². The van der Waals surface area contributed by atoms with Crippen molar-refractivity contribution in [3.05, 3.63) is 47.2 Å². The fraction of sp³-hybridized carbons (Fsp3) is 0.412. The maximum Gasteiger partial charge on any atom is 0.435 e. The molecular formula is C17H16F3N3. The molecule has 2 bridgehead atoms. The number of piperidine rings is 1. The fourth-order valence-electron chi connectivity index (χ4n) is 3.58. The smallest absolute Gasteiger partial charge is 0.299 e. The third kappa shape index (κ3) is 2.72. The van der Waals surface area contributed by atoms with Gasteiger partial charge in [0.25, 0.3) is 0 Å². The Balaban J connectivity index is 1.68. The van der Waals surface area contributed by atoms with Gasteiger partial charge in [0.2, 0.25) is 0 Å². The normalized spacial score (nSPS) is 23.4. The molecule has 5 rings (SSSR count). The maximum absolute atomic E-state index is 12.6. The van der Waals surface area contributed by atoms with Crippen LogP contribution in [0.2, 0.25) is 0 Å². The summed E-state index contributed by atoms with van der Waals surface area (Å²) < 4.78 is 37.7. The van der Waals surface area contributed by atoms with E-state index in [1.54, 1.807) is 0 Å². The lowest BCUT2D eigenvalue weighted by Crippen LogP contribution is -2.28. The van der Waals surface area contributed by atoms with Crippen molar-refractivity contribution in [2.45, 2.75) is 31.5 Å². The molecule has 1 aromatic heterocycles. The van der Waals surface area contributed by atoms with E-state index >= 15 is 0 Å². The number of hydrogen-bond donors (Lipinski definition) is 0. The van der Waals surface area contributed by atoms with Gasteiger partial charge >= 0.3 is 6.18 Å². The maximum atomic E-state index is 12.6. The summed E-state index contributed by atoms with van der Waals surface area (Å²) in [4.78, 5) is 2.44. The standard InChI is InChI=1S/C17H16F3N3/c18-17(19,20)16-4-3-15(21-22-16)12-1-2-14-11-5-7-23(8-6-11)10-13(14)9-12/h1-4,9,11H,5-8,10H2. The van der Waals surface area contributed by atoms with Crippen molar-refractivity contribution in [1.29, 1.82) is 0 Å². The minimum atomic E-state index is -4.45. The predicted molar refractivity (Wildman–Crippen MR) is 79.7 cm³/mol. The molecule has 1 saturated heterocycles. The highest BCUT2D eigenvalue weighted by Crippen LogP contribution is 2.37. The second-order valence-electron chi connectivity index (χ2n) is 6.27. The monoisotopic (exact) mass is 319 g/mol. The van der Waals surface area contributed by atoms with Crippen molar-refractivity contribution in [2.75, 3.05) is 13.1 Å². The van der Waals surface area contributed by atoms with Crippen LogP contribution in [0.25, 0.3) is 11.3 Å². The lowest BCUT2D eigenvalue weighted by molar-refractivity contribution is -0.141. The molecule has 0 atom stereocenters. The summed E-state index contributed by atoms with van der Waals surface area (Å²) in [6.07, 6.45) is -2.08. The van der Waals surface area contributed by atoms with Crippen LogP contribution in [0.4, 0.5) is 13.2 Å². The first kappa shape index (κ1) is 14.6. The van der Waals surface area contributed by atoms with Crippen LogP contribution >= 0.6 is 0 Å². The average molecular weight is 319 g/mol. The Kier molecular flexibility index (Phi) is 3.37. The number of hydrogen-bond acceptors (Lipinski definition) is 3. The van der Waals surface area contributed by atoms with Crippen LogP contribution < -0.4 is 0 Å². The summed E-state index contributed by atoms with van der Waals surface area (Å²) >= 11 is 0. The molecule has 1 aromatic carbocycles. The number of alkyl halides is 3. The van der Waals surface area contributed by atoms with E-state index < -0.39 is 11.9 Å². The quantitative estimate of drug-likeness (QED) is 0.799. The van der Waals surface area contributed by atoms with E-state index in [-0.39, 0.29) is 0 Å². The van der Waals surface area contributed by atoms with Crippen LogP contribution in [-0.2, 0) is 12.7 Å². The molecule has 0 unspecified atom stereocenters. The van der Waals surface area contributed by atoms with Crippen LogP contribution in [-0.4, -0.2) is 28.2 Å². The molecule has 0 saturated carbocycles. The first-order valence-electron chi connectivity index (χ1n) is 7.77. The zero-order chi connectivity index (χ0) is 16.0. The lowest BCUT2D eigenvalue weighted by Gasteiger charge is -2.26. The summed E-state index contributed by atoms with van der Waals surface area (Å²) in [6.45, 7) is 3.15. The Hall–Kier alpha value is -1.95. The van der Waals surface area contributed by atoms with Crippen LogP contribution in [0.1, 0.15) is 35.6 Å². The highest BCUT2D eigenvalue weighted by atomic mass is 19.4. The van der Waals surface area contributed by atoms with Crippen molar-refractivity contribution in [2.24, 2.45) is 0 Å². The van der Waals surface area contributed by atoms with Crippen molar-refractivity contribution >= 4 is 0 Å². The van der Waals surface area contributed by atoms with Crippen LogP contribution in [0.3, 0.4) is 0 Å². The molecule has 0 N–H and O–H groups in total. The molecule has 3 aliphatic heterocycles. The molecule has 2 aromatic rings. The summed E-state index contributed by atoms with van der Waals surface area (Å²) in [5.41, 5.74) is 3.00. The Bertz CT molecular complexity index is 717. The summed E-state index contributed by atoms with van der Waals surface area (Å²) in [5, 5.41) is 7.07. The summed E-state index contributed by atoms with van der Waals surface area (Å²) in [6, 6.07) is 8.50. The Labute approximate surface area is 132 Å². The largest absolute Gasteiger partial charge is 0.435 e. The van der Waals surface area contributed by atoms with Gasteiger partial charge in [0, 0.05) is 12.1 Å². The topological polar surface area (TPSA) is 29.0 Å². The first-order valence-corrected chi connectivity index (χ1v) is 7.77. The molecule has 120 valence electrons. The molecule has 0 amide bonds. The van der Waals surface area contributed by atoms with E-state index in [2.05, 4.69) is 27.2 Å². The molecule has 0 aliphatic carbocycles. The minimum absolute atomic E-state index is 0.479. The highest BCUT2D eigenvalue weighted by Gasteiger charge is 2.33. The molecule has 3 nitrogen and oxygen atoms in total. The van der Waals surface area contributed by atoms with Gasteiger partial charge < -0.3 is 0 Å². The number of benzene rings is 1. The van der Waals surface area contributed by atoms with E-state index in [1.165, 1.54) is 30.0 Å². The third-order valence-corrected chi connectivity index (χ3v) is 4.82. The number of halogens is 3. The van der Waals surface area contributed by atoms with E-state index in [9.17, 15) is 13.2 Å². The van der Waals surface area contributed by atoms with Gasteiger partial charge in [-0.2, -0.15) is 13.2 Å². The Morgan fingerprint density at radius 2 is 1.78 bits per heavy atom. The van der Waals surface area contributed by atoms with Gasteiger partial charge in [-0.15, -0.1) is 10.2 Å². The lowest BCUT2D eigenvalue weighted by atomic mass is 9.88. The van der Waals surface area contributed by atoms with Gasteiger partial charge in [-0.05, 0) is 61.2 Å². The number of aromatic nitrogens is 2. The van der Waals surface area contributed by atoms with Crippen LogP contribution in [0, 0.1) is 0 Å². The average Bonchev–Trinajstić information content (AvgIpc) is 2.82. The fourth-order valence-corrected chi connectivity index (χ4v) is 3.58. The van der Waals surface area contributed by atoms with Gasteiger partial charge in [-0.25, -0.2) is 0 Å². The van der Waals surface area contributed by atoms with Crippen molar-refractivity contribution in [3.8, 4) is 11.3 Å². The van der Waals surface area contributed by atoms with Crippen LogP contribution in [0.5, 0.6) is 0 Å². The predicted octanol–water partition coefficient (Wildman–Crippen LogP) is 3.86. The summed E-state index contributed by atoms with van der Waals surface area (Å²) in [5.74, 6) is 0.608. The number of rotatable bonds is 1. The SMILES string of the molecule is FC(F)(F)c1ccc(-c2ccc3c(c2)CN2CCC3CC2)nn1. The van der Waals surface area contributed by atoms with Gasteiger partial charge in [0.1, 0.15) is 0 Å². The molecule has 23 heavy (non-hydrogen) atoms. The van der Waals surface area contributed by atoms with Crippen molar-refractivity contribution in [1.82, 2.24) is 15.1 Å². The molecule has 3 aliphatic rings. The van der Waals surface area contributed by atoms with Crippen LogP contribution in [0.15, 0.2) is 30.3 Å². The number of nitrogens with zero attached hydrogens (tertiary/aromatic N) is 3. The van der Waals surface area contributed by atoms with Crippen molar-refractivity contribution in [3.63, 3.8) is 0 Å². The third-order valence-electron chi connectivity index (χ3n) is 4.82. The molecule has 4 heterocycles. The second-order valence-corrected chi connectivity index (χ2v) is 6.27. The molecule has 0 spiro atoms. The molecule has 0 radical (unpaired) electrons.